The lowest BCUT2D eigenvalue weighted by molar-refractivity contribution is 0.0963. The summed E-state index contributed by atoms with van der Waals surface area (Å²) in [4.78, 5) is 14.1. The highest BCUT2D eigenvalue weighted by molar-refractivity contribution is 6.00. The Morgan fingerprint density at radius 1 is 1.44 bits per heavy atom. The smallest absolute Gasteiger partial charge is 0.253 e. The van der Waals surface area contributed by atoms with Crippen LogP contribution in [0.1, 0.15) is 29.3 Å². The highest BCUT2D eigenvalue weighted by atomic mass is 16.1. The zero-order chi connectivity index (χ0) is 11.5. The molecule has 1 aliphatic heterocycles. The van der Waals surface area contributed by atoms with Gasteiger partial charge in [0.25, 0.3) is 5.91 Å². The molecule has 2 rings (SSSR count). The van der Waals surface area contributed by atoms with Crippen LogP contribution in [-0.4, -0.2) is 26.0 Å². The van der Waals surface area contributed by atoms with Crippen molar-refractivity contribution in [2.45, 2.75) is 19.8 Å². The fourth-order valence-electron chi connectivity index (χ4n) is 2.11. The largest absolute Gasteiger partial charge is 0.371 e. The molecule has 3 nitrogen and oxygen atoms in total. The van der Waals surface area contributed by atoms with Gasteiger partial charge in [-0.25, -0.2) is 0 Å². The van der Waals surface area contributed by atoms with Gasteiger partial charge in [-0.05, 0) is 24.5 Å². The summed E-state index contributed by atoms with van der Waals surface area (Å²) in [6.45, 7) is 4.27. The Kier molecular flexibility index (Phi) is 3.13. The van der Waals surface area contributed by atoms with Crippen molar-refractivity contribution in [2.24, 2.45) is 0 Å². The molecule has 1 aromatic rings. The first-order valence-electron chi connectivity index (χ1n) is 5.86. The molecule has 16 heavy (non-hydrogen) atoms. The molecular weight excluding hydrogens is 200 g/mol. The van der Waals surface area contributed by atoms with Crippen molar-refractivity contribution in [2.75, 3.05) is 25.0 Å². The Labute approximate surface area is 96.5 Å². The van der Waals surface area contributed by atoms with Gasteiger partial charge in [0, 0.05) is 20.1 Å². The summed E-state index contributed by atoms with van der Waals surface area (Å²) in [5, 5.41) is 2.71. The van der Waals surface area contributed by atoms with E-state index in [1.807, 2.05) is 12.1 Å². The van der Waals surface area contributed by atoms with Crippen LogP contribution in [-0.2, 0) is 6.42 Å². The lowest BCUT2D eigenvalue weighted by atomic mass is 10.0. The molecule has 1 fully saturated rings. The molecule has 0 spiro atoms. The van der Waals surface area contributed by atoms with Gasteiger partial charge in [-0.1, -0.05) is 19.1 Å². The van der Waals surface area contributed by atoms with Gasteiger partial charge in [0.05, 0.1) is 11.3 Å². The highest BCUT2D eigenvalue weighted by Crippen LogP contribution is 2.29. The van der Waals surface area contributed by atoms with E-state index in [4.69, 9.17) is 0 Å². The predicted octanol–water partition coefficient (Wildman–Crippen LogP) is 1.82. The maximum Gasteiger partial charge on any atom is 0.253 e. The summed E-state index contributed by atoms with van der Waals surface area (Å²) in [6, 6.07) is 5.98. The number of hydrogen-bond donors (Lipinski definition) is 1. The molecule has 0 bridgehead atoms. The van der Waals surface area contributed by atoms with Gasteiger partial charge >= 0.3 is 0 Å². The van der Waals surface area contributed by atoms with Crippen LogP contribution in [0.15, 0.2) is 18.2 Å². The van der Waals surface area contributed by atoms with Crippen LogP contribution in [0.25, 0.3) is 0 Å². The second-order valence-corrected chi connectivity index (χ2v) is 4.09. The van der Waals surface area contributed by atoms with Crippen molar-refractivity contribution in [1.29, 1.82) is 0 Å². The third kappa shape index (κ3) is 1.77. The Morgan fingerprint density at radius 2 is 2.19 bits per heavy atom. The van der Waals surface area contributed by atoms with Crippen molar-refractivity contribution in [1.82, 2.24) is 5.32 Å². The number of rotatable bonds is 3. The fourth-order valence-corrected chi connectivity index (χ4v) is 2.11. The van der Waals surface area contributed by atoms with Crippen molar-refractivity contribution in [3.63, 3.8) is 0 Å². The number of para-hydroxylation sites is 1. The summed E-state index contributed by atoms with van der Waals surface area (Å²) in [5.41, 5.74) is 3.21. The van der Waals surface area contributed by atoms with Crippen LogP contribution in [0.5, 0.6) is 0 Å². The highest BCUT2D eigenvalue weighted by Gasteiger charge is 2.22. The van der Waals surface area contributed by atoms with Crippen LogP contribution in [0.4, 0.5) is 5.69 Å². The molecule has 1 aromatic carbocycles. The van der Waals surface area contributed by atoms with Gasteiger partial charge in [0.15, 0.2) is 0 Å². The molecule has 3 heteroatoms. The summed E-state index contributed by atoms with van der Waals surface area (Å²) in [7, 11) is 1.68. The molecule has 0 aromatic heterocycles. The number of carbonyl (C=O) groups is 1. The first-order chi connectivity index (χ1) is 7.77. The molecule has 1 N–H and O–H groups in total. The molecule has 1 heterocycles. The first kappa shape index (κ1) is 11.0. The fraction of sp³-hybridized carbons (Fsp3) is 0.462. The van der Waals surface area contributed by atoms with Crippen LogP contribution < -0.4 is 10.2 Å². The zero-order valence-corrected chi connectivity index (χ0v) is 9.92. The summed E-state index contributed by atoms with van der Waals surface area (Å²) < 4.78 is 0. The topological polar surface area (TPSA) is 32.3 Å². The third-order valence-electron chi connectivity index (χ3n) is 3.14. The van der Waals surface area contributed by atoms with Gasteiger partial charge in [-0.15, -0.1) is 0 Å². The SMILES string of the molecule is CCc1cccc(C(=O)NC)c1N1CCC1. The van der Waals surface area contributed by atoms with Crippen LogP contribution in [0.2, 0.25) is 0 Å². The number of benzene rings is 1. The molecule has 0 aliphatic carbocycles. The molecule has 1 aliphatic rings. The standard InChI is InChI=1S/C13H18N2O/c1-3-10-6-4-7-11(13(16)14-2)12(10)15-8-5-9-15/h4,6-7H,3,5,8-9H2,1-2H3,(H,14,16). The Morgan fingerprint density at radius 3 is 2.69 bits per heavy atom. The average molecular weight is 218 g/mol. The zero-order valence-electron chi connectivity index (χ0n) is 9.92. The predicted molar refractivity (Wildman–Crippen MR) is 66.0 cm³/mol. The molecule has 0 atom stereocenters. The Bertz CT molecular complexity index is 397. The summed E-state index contributed by atoms with van der Waals surface area (Å²) in [6.07, 6.45) is 2.20. The Balaban J connectivity index is 2.45. The lowest BCUT2D eigenvalue weighted by Crippen LogP contribution is -2.39. The maximum atomic E-state index is 11.8. The van der Waals surface area contributed by atoms with Crippen LogP contribution >= 0.6 is 0 Å². The number of aryl methyl sites for hydroxylation is 1. The minimum atomic E-state index is 0.0113. The maximum absolute atomic E-state index is 11.8. The molecule has 0 radical (unpaired) electrons. The normalized spacial score (nSPS) is 14.5. The van der Waals surface area contributed by atoms with Crippen LogP contribution in [0.3, 0.4) is 0 Å². The number of anilines is 1. The van der Waals surface area contributed by atoms with E-state index in [-0.39, 0.29) is 5.91 Å². The quantitative estimate of drug-likeness (QED) is 0.839. The van der Waals surface area contributed by atoms with E-state index in [2.05, 4.69) is 23.2 Å². The van der Waals surface area contributed by atoms with Gasteiger partial charge in [0.2, 0.25) is 0 Å². The van der Waals surface area contributed by atoms with E-state index in [9.17, 15) is 4.79 Å². The molecule has 0 unspecified atom stereocenters. The molecule has 1 saturated heterocycles. The third-order valence-corrected chi connectivity index (χ3v) is 3.14. The number of amides is 1. The van der Waals surface area contributed by atoms with Crippen LogP contribution in [0, 0.1) is 0 Å². The van der Waals surface area contributed by atoms with Crippen molar-refractivity contribution < 1.29 is 4.79 Å². The van der Waals surface area contributed by atoms with Gasteiger partial charge < -0.3 is 10.2 Å². The lowest BCUT2D eigenvalue weighted by Gasteiger charge is -2.36. The number of nitrogens with zero attached hydrogens (tertiary/aromatic N) is 1. The van der Waals surface area contributed by atoms with Gasteiger partial charge in [-0.3, -0.25) is 4.79 Å². The van der Waals surface area contributed by atoms with Gasteiger partial charge in [-0.2, -0.15) is 0 Å². The molecule has 1 amide bonds. The van der Waals surface area contributed by atoms with Crippen molar-refractivity contribution in [3.8, 4) is 0 Å². The van der Waals surface area contributed by atoms with E-state index in [0.717, 1.165) is 30.8 Å². The van der Waals surface area contributed by atoms with E-state index in [0.29, 0.717) is 0 Å². The molecule has 86 valence electrons. The number of hydrogen-bond acceptors (Lipinski definition) is 2. The van der Waals surface area contributed by atoms with Crippen molar-refractivity contribution >= 4 is 11.6 Å². The Hall–Kier alpha value is -1.51. The monoisotopic (exact) mass is 218 g/mol. The van der Waals surface area contributed by atoms with E-state index >= 15 is 0 Å². The number of carbonyl (C=O) groups excluding carboxylic acids is 1. The molecule has 0 saturated carbocycles. The molecular formula is C13H18N2O. The second-order valence-electron chi connectivity index (χ2n) is 4.09. The van der Waals surface area contributed by atoms with Gasteiger partial charge in [0.1, 0.15) is 0 Å². The minimum absolute atomic E-state index is 0.0113. The summed E-state index contributed by atoms with van der Waals surface area (Å²) >= 11 is 0. The van der Waals surface area contributed by atoms with Crippen molar-refractivity contribution in [3.05, 3.63) is 29.3 Å². The minimum Gasteiger partial charge on any atom is -0.371 e. The van der Waals surface area contributed by atoms with E-state index in [1.165, 1.54) is 12.0 Å². The first-order valence-corrected chi connectivity index (χ1v) is 5.86. The van der Waals surface area contributed by atoms with E-state index < -0.39 is 0 Å². The second kappa shape index (κ2) is 4.56. The van der Waals surface area contributed by atoms with E-state index in [1.54, 1.807) is 7.05 Å². The average Bonchev–Trinajstić information content (AvgIpc) is 2.26. The summed E-state index contributed by atoms with van der Waals surface area (Å²) in [5.74, 6) is 0.0113. The number of nitrogens with one attached hydrogen (secondary N) is 1.